The van der Waals surface area contributed by atoms with Crippen LogP contribution in [0.4, 0.5) is 0 Å². The van der Waals surface area contributed by atoms with Gasteiger partial charge in [0, 0.05) is 25.7 Å². The molecule has 10 aromatic rings. The molecule has 0 unspecified atom stereocenters. The molecule has 47 heavy (non-hydrogen) atoms. The van der Waals surface area contributed by atoms with Gasteiger partial charge in [0.15, 0.2) is 0 Å². The predicted molar refractivity (Wildman–Crippen MR) is 206 cm³/mol. The third kappa shape index (κ3) is 3.94. The highest BCUT2D eigenvalue weighted by atomic mass is 32.1. The van der Waals surface area contributed by atoms with E-state index in [4.69, 9.17) is 0 Å². The maximum absolute atomic E-state index is 2.37. The summed E-state index contributed by atoms with van der Waals surface area (Å²) in [6.45, 7) is 0. The minimum atomic E-state index is 1.25. The van der Waals surface area contributed by atoms with Crippen molar-refractivity contribution in [2.45, 2.75) is 0 Å². The summed E-state index contributed by atoms with van der Waals surface area (Å²) in [6.07, 6.45) is 0. The molecular weight excluding hydrogens is 585 g/mol. The second-order valence-corrected chi connectivity index (χ2v) is 13.4. The summed E-state index contributed by atoms with van der Waals surface area (Å²) in [5.74, 6) is 0. The van der Waals surface area contributed by atoms with Gasteiger partial charge in [-0.15, -0.1) is 11.3 Å². The first-order valence-corrected chi connectivity index (χ1v) is 17.0. The molecule has 1 heteroatoms. The third-order valence-corrected chi connectivity index (χ3v) is 11.1. The Balaban J connectivity index is 1.27. The summed E-state index contributed by atoms with van der Waals surface area (Å²) in [7, 11) is 0. The molecule has 0 atom stereocenters. The fourth-order valence-electron chi connectivity index (χ4n) is 7.87. The number of fused-ring (bicyclic) bond motifs is 8. The molecule has 218 valence electrons. The lowest BCUT2D eigenvalue weighted by molar-refractivity contribution is 1.66. The van der Waals surface area contributed by atoms with E-state index in [1.165, 1.54) is 96.6 Å². The monoisotopic (exact) mass is 612 g/mol. The lowest BCUT2D eigenvalue weighted by Gasteiger charge is -2.19. The van der Waals surface area contributed by atoms with Gasteiger partial charge in [0.05, 0.1) is 0 Å². The molecule has 0 radical (unpaired) electrons. The lowest BCUT2D eigenvalue weighted by atomic mass is 9.84. The van der Waals surface area contributed by atoms with Crippen LogP contribution < -0.4 is 0 Å². The van der Waals surface area contributed by atoms with Crippen LogP contribution in [-0.2, 0) is 0 Å². The Morgan fingerprint density at radius 3 is 1.53 bits per heavy atom. The second-order valence-electron chi connectivity index (χ2n) is 12.4. The Morgan fingerprint density at radius 2 is 0.830 bits per heavy atom. The number of rotatable bonds is 3. The van der Waals surface area contributed by atoms with Crippen LogP contribution in [0.25, 0.3) is 96.6 Å². The fraction of sp³-hybridized carbons (Fsp3) is 0. The van der Waals surface area contributed by atoms with E-state index in [2.05, 4.69) is 170 Å². The largest absolute Gasteiger partial charge is 0.135 e. The van der Waals surface area contributed by atoms with Crippen molar-refractivity contribution in [2.75, 3.05) is 0 Å². The van der Waals surface area contributed by atoms with E-state index < -0.39 is 0 Å². The van der Waals surface area contributed by atoms with Gasteiger partial charge < -0.3 is 0 Å². The molecule has 1 heterocycles. The quantitative estimate of drug-likeness (QED) is 0.174. The van der Waals surface area contributed by atoms with Gasteiger partial charge in [0.2, 0.25) is 0 Å². The zero-order valence-electron chi connectivity index (χ0n) is 25.6. The van der Waals surface area contributed by atoms with Gasteiger partial charge >= 0.3 is 0 Å². The van der Waals surface area contributed by atoms with Crippen LogP contribution >= 0.6 is 11.3 Å². The average Bonchev–Trinajstić information content (AvgIpc) is 3.54. The molecule has 9 aromatic carbocycles. The molecule has 10 rings (SSSR count). The Labute approximate surface area is 276 Å². The first kappa shape index (κ1) is 26.5. The average molecular weight is 613 g/mol. The minimum absolute atomic E-state index is 1.25. The van der Waals surface area contributed by atoms with Crippen LogP contribution in [0.1, 0.15) is 0 Å². The van der Waals surface area contributed by atoms with Crippen LogP contribution in [0.15, 0.2) is 170 Å². The van der Waals surface area contributed by atoms with Crippen LogP contribution in [0, 0.1) is 0 Å². The van der Waals surface area contributed by atoms with Crippen LogP contribution in [-0.4, -0.2) is 0 Å². The van der Waals surface area contributed by atoms with Gasteiger partial charge in [-0.25, -0.2) is 0 Å². The zero-order chi connectivity index (χ0) is 30.9. The van der Waals surface area contributed by atoms with Gasteiger partial charge in [0.1, 0.15) is 0 Å². The Kier molecular flexibility index (Phi) is 5.85. The van der Waals surface area contributed by atoms with Crippen LogP contribution in [0.5, 0.6) is 0 Å². The first-order valence-electron chi connectivity index (χ1n) is 16.2. The molecule has 0 bridgehead atoms. The summed E-state index contributed by atoms with van der Waals surface area (Å²) < 4.78 is 2.68. The van der Waals surface area contributed by atoms with E-state index in [1.54, 1.807) is 0 Å². The highest BCUT2D eigenvalue weighted by Gasteiger charge is 2.20. The van der Waals surface area contributed by atoms with E-state index in [1.807, 2.05) is 11.3 Å². The second kappa shape index (κ2) is 10.4. The third-order valence-electron chi connectivity index (χ3n) is 9.86. The maximum atomic E-state index is 2.37. The van der Waals surface area contributed by atoms with Gasteiger partial charge in [-0.3, -0.25) is 0 Å². The first-order chi connectivity index (χ1) is 23.3. The molecule has 0 aliphatic heterocycles. The molecule has 0 aliphatic rings. The molecule has 0 nitrogen and oxygen atoms in total. The lowest BCUT2D eigenvalue weighted by Crippen LogP contribution is -1.92. The summed E-state index contributed by atoms with van der Waals surface area (Å²) in [4.78, 5) is 0. The van der Waals surface area contributed by atoms with Crippen molar-refractivity contribution in [3.05, 3.63) is 170 Å². The zero-order valence-corrected chi connectivity index (χ0v) is 26.4. The van der Waals surface area contributed by atoms with Gasteiger partial charge in [0.25, 0.3) is 0 Å². The highest BCUT2D eigenvalue weighted by Crippen LogP contribution is 2.48. The molecular formula is C46H28S. The molecule has 0 saturated carbocycles. The van der Waals surface area contributed by atoms with E-state index in [0.717, 1.165) is 0 Å². The summed E-state index contributed by atoms with van der Waals surface area (Å²) in [5, 5.41) is 13.0. The number of hydrogen-bond acceptors (Lipinski definition) is 1. The summed E-state index contributed by atoms with van der Waals surface area (Å²) >= 11 is 1.91. The van der Waals surface area contributed by atoms with Crippen molar-refractivity contribution in [1.29, 1.82) is 0 Å². The number of hydrogen-bond donors (Lipinski definition) is 0. The van der Waals surface area contributed by atoms with E-state index in [0.29, 0.717) is 0 Å². The smallest absolute Gasteiger partial charge is 0.0434 e. The SMILES string of the molecule is c1ccc(-c2c3ccccc3c(-c3ccc(-c4cccc5c4sc4ccc6ccccc6c45)c4ccccc34)c3ccccc23)cc1. The molecule has 0 amide bonds. The van der Waals surface area contributed by atoms with E-state index in [9.17, 15) is 0 Å². The number of thiophene rings is 1. The van der Waals surface area contributed by atoms with Gasteiger partial charge in [-0.2, -0.15) is 0 Å². The van der Waals surface area contributed by atoms with E-state index >= 15 is 0 Å². The Hall–Kier alpha value is -5.76. The van der Waals surface area contributed by atoms with Gasteiger partial charge in [-0.05, 0) is 77.0 Å². The van der Waals surface area contributed by atoms with Crippen molar-refractivity contribution in [2.24, 2.45) is 0 Å². The normalized spacial score (nSPS) is 11.8. The van der Waals surface area contributed by atoms with Crippen molar-refractivity contribution >= 4 is 74.6 Å². The molecule has 0 spiro atoms. The minimum Gasteiger partial charge on any atom is -0.135 e. The Morgan fingerprint density at radius 1 is 0.298 bits per heavy atom. The van der Waals surface area contributed by atoms with Crippen molar-refractivity contribution < 1.29 is 0 Å². The van der Waals surface area contributed by atoms with Gasteiger partial charge in [-0.1, -0.05) is 164 Å². The summed E-state index contributed by atoms with van der Waals surface area (Å²) in [5.41, 5.74) is 7.68. The van der Waals surface area contributed by atoms with E-state index in [-0.39, 0.29) is 0 Å². The molecule has 0 fully saturated rings. The predicted octanol–water partition coefficient (Wildman–Crippen LogP) is 13.7. The standard InChI is InChI=1S/C46H28S/c1-2-14-30(15-3-1)43-35-19-8-10-21-37(35)44(38-22-11-9-20-36(38)43)39-27-26-34(32-17-6-7-18-33(32)39)40-23-12-24-41-45-31-16-5-4-13-29(31)25-28-42(45)47-46(40)41/h1-28H. The number of benzene rings is 9. The highest BCUT2D eigenvalue weighted by molar-refractivity contribution is 7.26. The van der Waals surface area contributed by atoms with Crippen molar-refractivity contribution in [3.63, 3.8) is 0 Å². The fourth-order valence-corrected chi connectivity index (χ4v) is 9.11. The molecule has 1 aromatic heterocycles. The molecule has 0 saturated heterocycles. The van der Waals surface area contributed by atoms with Crippen molar-refractivity contribution in [3.8, 4) is 33.4 Å². The van der Waals surface area contributed by atoms with Crippen LogP contribution in [0.2, 0.25) is 0 Å². The topological polar surface area (TPSA) is 0 Å². The van der Waals surface area contributed by atoms with Crippen LogP contribution in [0.3, 0.4) is 0 Å². The van der Waals surface area contributed by atoms with Crippen molar-refractivity contribution in [1.82, 2.24) is 0 Å². The molecule has 0 aliphatic carbocycles. The summed E-state index contributed by atoms with van der Waals surface area (Å²) in [6, 6.07) is 62.6. The molecule has 0 N–H and O–H groups in total. The Bertz CT molecular complexity index is 2780. The maximum Gasteiger partial charge on any atom is 0.0434 e.